The smallest absolute Gasteiger partial charge is 0.410 e. The number of ether oxygens (including phenoxy) is 1. The molecule has 0 aliphatic carbocycles. The zero-order valence-corrected chi connectivity index (χ0v) is 16.0. The lowest BCUT2D eigenvalue weighted by molar-refractivity contribution is 0.00304. The molecule has 0 aromatic heterocycles. The fourth-order valence-corrected chi connectivity index (χ4v) is 3.94. The third-order valence-electron chi connectivity index (χ3n) is 5.88. The molecule has 2 amide bonds. The van der Waals surface area contributed by atoms with Crippen molar-refractivity contribution in [2.24, 2.45) is 5.92 Å². The van der Waals surface area contributed by atoms with Gasteiger partial charge in [-0.05, 0) is 18.1 Å². The van der Waals surface area contributed by atoms with Gasteiger partial charge >= 0.3 is 6.09 Å². The van der Waals surface area contributed by atoms with Crippen LogP contribution < -0.4 is 0 Å². The van der Waals surface area contributed by atoms with Crippen LogP contribution in [0.5, 0.6) is 11.5 Å². The number of nitrogens with zero attached hydrogens (tertiary/aromatic N) is 2. The molecule has 2 fully saturated rings. The molecule has 2 aliphatic heterocycles. The third-order valence-corrected chi connectivity index (χ3v) is 5.88. The number of phenols is 2. The van der Waals surface area contributed by atoms with Crippen molar-refractivity contribution in [3.05, 3.63) is 23.8 Å². The van der Waals surface area contributed by atoms with E-state index < -0.39 is 11.4 Å². The van der Waals surface area contributed by atoms with E-state index in [2.05, 4.69) is 13.8 Å². The zero-order valence-electron chi connectivity index (χ0n) is 16.0. The molecule has 7 heteroatoms. The Hall–Kier alpha value is -2.44. The van der Waals surface area contributed by atoms with E-state index in [1.165, 1.54) is 18.2 Å². The topological polar surface area (TPSA) is 90.3 Å². The first-order chi connectivity index (χ1) is 12.9. The van der Waals surface area contributed by atoms with Gasteiger partial charge in [-0.3, -0.25) is 4.79 Å². The van der Waals surface area contributed by atoms with E-state index in [4.69, 9.17) is 4.74 Å². The van der Waals surface area contributed by atoms with Crippen LogP contribution in [-0.4, -0.2) is 63.8 Å². The summed E-state index contributed by atoms with van der Waals surface area (Å²) in [4.78, 5) is 28.4. The van der Waals surface area contributed by atoms with Crippen molar-refractivity contribution >= 4 is 12.0 Å². The van der Waals surface area contributed by atoms with E-state index in [1.54, 1.807) is 9.80 Å². The van der Waals surface area contributed by atoms with E-state index in [0.29, 0.717) is 44.9 Å². The maximum atomic E-state index is 12.7. The summed E-state index contributed by atoms with van der Waals surface area (Å²) in [6.07, 6.45) is 2.95. The normalized spacial score (nSPS) is 19.0. The molecule has 27 heavy (non-hydrogen) atoms. The van der Waals surface area contributed by atoms with Crippen molar-refractivity contribution in [3.63, 3.8) is 0 Å². The van der Waals surface area contributed by atoms with E-state index in [-0.39, 0.29) is 23.3 Å². The molecule has 2 N–H and O–H groups in total. The number of hydrogen-bond donors (Lipinski definition) is 2. The number of phenolic OH excluding ortho intramolecular Hbond substituents is 2. The maximum absolute atomic E-state index is 12.7. The minimum atomic E-state index is -0.527. The summed E-state index contributed by atoms with van der Waals surface area (Å²) in [5.74, 6) is -0.554. The monoisotopic (exact) mass is 376 g/mol. The fourth-order valence-electron chi connectivity index (χ4n) is 3.94. The van der Waals surface area contributed by atoms with Crippen LogP contribution in [0, 0.1) is 5.92 Å². The number of rotatable bonds is 5. The molecule has 2 heterocycles. The van der Waals surface area contributed by atoms with Crippen LogP contribution in [0.3, 0.4) is 0 Å². The third kappa shape index (κ3) is 3.82. The Morgan fingerprint density at radius 3 is 2.52 bits per heavy atom. The molecule has 0 atom stereocenters. The number of aromatic hydroxyl groups is 2. The summed E-state index contributed by atoms with van der Waals surface area (Å²) in [5, 5.41) is 19.5. The molecule has 0 saturated carbocycles. The number of carbonyl (C=O) groups excluding carboxylic acids is 2. The van der Waals surface area contributed by atoms with Crippen LogP contribution in [0.25, 0.3) is 0 Å². The van der Waals surface area contributed by atoms with Gasteiger partial charge in [0.05, 0.1) is 12.1 Å². The lowest BCUT2D eigenvalue weighted by Gasteiger charge is -2.37. The summed E-state index contributed by atoms with van der Waals surface area (Å²) in [6.45, 7) is 6.44. The lowest BCUT2D eigenvalue weighted by Crippen LogP contribution is -2.49. The van der Waals surface area contributed by atoms with Crippen molar-refractivity contribution in [3.8, 4) is 11.5 Å². The lowest BCUT2D eigenvalue weighted by atomic mass is 9.90. The zero-order chi connectivity index (χ0) is 19.6. The molecular weight excluding hydrogens is 348 g/mol. The number of amides is 2. The highest BCUT2D eigenvalue weighted by atomic mass is 16.6. The van der Waals surface area contributed by atoms with Gasteiger partial charge in [0.1, 0.15) is 5.60 Å². The average Bonchev–Trinajstić information content (AvgIpc) is 2.96. The molecule has 0 unspecified atom stereocenters. The Morgan fingerprint density at radius 2 is 1.89 bits per heavy atom. The van der Waals surface area contributed by atoms with Gasteiger partial charge in [0, 0.05) is 32.5 Å². The molecule has 1 aromatic rings. The van der Waals surface area contributed by atoms with Gasteiger partial charge in [0.25, 0.3) is 5.91 Å². The van der Waals surface area contributed by atoms with Gasteiger partial charge in [-0.2, -0.15) is 0 Å². The van der Waals surface area contributed by atoms with Crippen molar-refractivity contribution in [2.75, 3.05) is 26.2 Å². The number of para-hydroxylation sites is 1. The maximum Gasteiger partial charge on any atom is 0.410 e. The second kappa shape index (κ2) is 7.66. The molecule has 0 bridgehead atoms. The number of benzene rings is 1. The minimum absolute atomic E-state index is 0.0877. The first-order valence-corrected chi connectivity index (χ1v) is 9.67. The predicted octanol–water partition coefficient (Wildman–Crippen LogP) is 2.96. The Labute approximate surface area is 159 Å². The second-order valence-corrected chi connectivity index (χ2v) is 7.58. The number of carbonyl (C=O) groups is 2. The van der Waals surface area contributed by atoms with Crippen LogP contribution in [0.2, 0.25) is 0 Å². The van der Waals surface area contributed by atoms with E-state index >= 15 is 0 Å². The summed E-state index contributed by atoms with van der Waals surface area (Å²) >= 11 is 0. The molecule has 3 rings (SSSR count). The highest BCUT2D eigenvalue weighted by Gasteiger charge is 2.47. The molecule has 2 aliphatic rings. The van der Waals surface area contributed by atoms with Gasteiger partial charge in [-0.1, -0.05) is 32.8 Å². The van der Waals surface area contributed by atoms with Crippen LogP contribution in [0.1, 0.15) is 49.9 Å². The van der Waals surface area contributed by atoms with Gasteiger partial charge in [0.15, 0.2) is 11.5 Å². The van der Waals surface area contributed by atoms with Crippen molar-refractivity contribution in [1.29, 1.82) is 0 Å². The molecule has 1 aromatic carbocycles. The van der Waals surface area contributed by atoms with E-state index in [1.807, 2.05) is 0 Å². The van der Waals surface area contributed by atoms with Gasteiger partial charge < -0.3 is 24.7 Å². The largest absolute Gasteiger partial charge is 0.504 e. The summed E-state index contributed by atoms with van der Waals surface area (Å²) in [7, 11) is 0. The van der Waals surface area contributed by atoms with Crippen LogP contribution >= 0.6 is 0 Å². The molecule has 1 spiro atoms. The van der Waals surface area contributed by atoms with Gasteiger partial charge in [-0.15, -0.1) is 0 Å². The summed E-state index contributed by atoms with van der Waals surface area (Å²) < 4.78 is 5.73. The molecule has 148 valence electrons. The first-order valence-electron chi connectivity index (χ1n) is 9.67. The standard InChI is InChI=1S/C20H28N2O5/c1-3-14(4-2)12-22-13-20(27-19(22)26)8-10-21(11-9-20)18(25)15-6-5-7-16(23)17(15)24/h5-7,14,23-24H,3-4,8-13H2,1-2H3. The molecule has 0 radical (unpaired) electrons. The fraction of sp³-hybridized carbons (Fsp3) is 0.600. The molecule has 7 nitrogen and oxygen atoms in total. The number of hydrogen-bond acceptors (Lipinski definition) is 5. The van der Waals surface area contributed by atoms with Crippen LogP contribution in [-0.2, 0) is 4.74 Å². The highest BCUT2D eigenvalue weighted by molar-refractivity contribution is 5.97. The Bertz CT molecular complexity index is 708. The van der Waals surface area contributed by atoms with Gasteiger partial charge in [-0.25, -0.2) is 4.79 Å². The summed E-state index contributed by atoms with van der Waals surface area (Å²) in [6, 6.07) is 4.36. The second-order valence-electron chi connectivity index (χ2n) is 7.58. The Balaban J connectivity index is 1.62. The Kier molecular flexibility index (Phi) is 5.48. The Morgan fingerprint density at radius 1 is 1.22 bits per heavy atom. The number of likely N-dealkylation sites (tertiary alicyclic amines) is 1. The van der Waals surface area contributed by atoms with E-state index in [9.17, 15) is 19.8 Å². The average molecular weight is 376 g/mol. The number of piperidine rings is 1. The van der Waals surface area contributed by atoms with Crippen molar-refractivity contribution < 1.29 is 24.5 Å². The van der Waals surface area contributed by atoms with Crippen LogP contribution in [0.4, 0.5) is 4.79 Å². The van der Waals surface area contributed by atoms with E-state index in [0.717, 1.165) is 12.8 Å². The summed E-state index contributed by atoms with van der Waals surface area (Å²) in [5.41, 5.74) is -0.439. The quantitative estimate of drug-likeness (QED) is 0.771. The van der Waals surface area contributed by atoms with Gasteiger partial charge in [0.2, 0.25) is 0 Å². The van der Waals surface area contributed by atoms with Crippen LogP contribution in [0.15, 0.2) is 18.2 Å². The highest BCUT2D eigenvalue weighted by Crippen LogP contribution is 2.35. The van der Waals surface area contributed by atoms with Crippen molar-refractivity contribution in [2.45, 2.75) is 45.1 Å². The first kappa shape index (κ1) is 19.3. The molecular formula is C20H28N2O5. The minimum Gasteiger partial charge on any atom is -0.504 e. The van der Waals surface area contributed by atoms with Crippen molar-refractivity contribution in [1.82, 2.24) is 9.80 Å². The SMILES string of the molecule is CCC(CC)CN1CC2(CCN(C(=O)c3cccc(O)c3O)CC2)OC1=O. The predicted molar refractivity (Wildman–Crippen MR) is 99.8 cm³/mol. The molecule has 2 saturated heterocycles.